The molecule has 78 valence electrons. The molecule has 0 aliphatic rings. The first-order valence-corrected chi connectivity index (χ1v) is 4.31. The Labute approximate surface area is 88.4 Å². The maximum Gasteiger partial charge on any atom is 0.271 e. The molecule has 0 unspecified atom stereocenters. The Morgan fingerprint density at radius 3 is 2.87 bits per heavy atom. The Morgan fingerprint density at radius 2 is 2.27 bits per heavy atom. The molecule has 0 aliphatic heterocycles. The van der Waals surface area contributed by atoms with Crippen LogP contribution in [0.2, 0.25) is 5.02 Å². The first-order chi connectivity index (χ1) is 7.00. The Balaban J connectivity index is 2.88. The van der Waals surface area contributed by atoms with E-state index in [0.29, 0.717) is 0 Å². The smallest absolute Gasteiger partial charge is 0.271 e. The van der Waals surface area contributed by atoms with Crippen molar-refractivity contribution in [3.63, 3.8) is 0 Å². The van der Waals surface area contributed by atoms with Crippen molar-refractivity contribution in [2.24, 2.45) is 5.73 Å². The molecule has 2 aromatic rings. The fourth-order valence-corrected chi connectivity index (χ4v) is 1.51. The topological polar surface area (TPSA) is 86.4 Å². The Hall–Kier alpha value is -1.82. The number of carbonyl (C=O) groups is 1. The average Bonchev–Trinajstić information content (AvgIpc) is 2.44. The number of nitrogens with two attached hydrogens (primary N) is 2. The third-order valence-electron chi connectivity index (χ3n) is 1.91. The number of fused-ring (bicyclic) bond motifs is 1. The molecule has 15 heavy (non-hydrogen) atoms. The molecule has 7 heteroatoms. The van der Waals surface area contributed by atoms with E-state index in [1.54, 1.807) is 0 Å². The molecule has 0 saturated carbocycles. The molecule has 0 bridgehead atoms. The van der Waals surface area contributed by atoms with Gasteiger partial charge in [0.1, 0.15) is 11.6 Å². The van der Waals surface area contributed by atoms with Crippen LogP contribution in [0.5, 0.6) is 0 Å². The number of imidazole rings is 1. The summed E-state index contributed by atoms with van der Waals surface area (Å²) in [6.45, 7) is 0. The normalized spacial score (nSPS) is 10.8. The van der Waals surface area contributed by atoms with Crippen LogP contribution in [0.25, 0.3) is 5.65 Å². The quantitative estimate of drug-likeness (QED) is 0.757. The first-order valence-electron chi connectivity index (χ1n) is 3.93. The van der Waals surface area contributed by atoms with Gasteiger partial charge in [0.25, 0.3) is 5.91 Å². The van der Waals surface area contributed by atoms with E-state index in [0.717, 1.165) is 12.3 Å². The molecule has 4 N–H and O–H groups in total. The molecule has 0 saturated heterocycles. The number of primary amides is 1. The summed E-state index contributed by atoms with van der Waals surface area (Å²) in [5, 5.41) is 0.0641. The zero-order chi connectivity index (χ0) is 11.2. The number of hydrogen-bond acceptors (Lipinski definition) is 3. The number of amides is 1. The van der Waals surface area contributed by atoms with Gasteiger partial charge in [0.2, 0.25) is 0 Å². The summed E-state index contributed by atoms with van der Waals surface area (Å²) in [6.07, 6.45) is 1.08. The molecular formula is C8H6ClFN4O. The highest BCUT2D eigenvalue weighted by atomic mass is 35.5. The van der Waals surface area contributed by atoms with E-state index < -0.39 is 11.7 Å². The number of anilines is 1. The van der Waals surface area contributed by atoms with Gasteiger partial charge in [-0.15, -0.1) is 0 Å². The van der Waals surface area contributed by atoms with Crippen molar-refractivity contribution >= 4 is 29.0 Å². The Kier molecular flexibility index (Phi) is 2.01. The standard InChI is InChI=1S/C8H6ClFN4O/c9-4-1-3(10)2-14-6(11)5(7(12)15)13-8(4)14/h1-2H,11H2,(H2,12,15). The van der Waals surface area contributed by atoms with Gasteiger partial charge in [0.05, 0.1) is 5.02 Å². The lowest BCUT2D eigenvalue weighted by Gasteiger charge is -1.98. The van der Waals surface area contributed by atoms with Gasteiger partial charge in [0.15, 0.2) is 11.3 Å². The van der Waals surface area contributed by atoms with Gasteiger partial charge in [-0.1, -0.05) is 11.6 Å². The number of nitrogen functional groups attached to an aromatic ring is 1. The van der Waals surface area contributed by atoms with E-state index in [-0.39, 0.29) is 22.2 Å². The highest BCUT2D eigenvalue weighted by Crippen LogP contribution is 2.22. The summed E-state index contributed by atoms with van der Waals surface area (Å²) >= 11 is 5.72. The third kappa shape index (κ3) is 1.39. The van der Waals surface area contributed by atoms with Gasteiger partial charge in [-0.25, -0.2) is 9.37 Å². The second-order valence-electron chi connectivity index (χ2n) is 2.91. The summed E-state index contributed by atoms with van der Waals surface area (Å²) < 4.78 is 14.2. The predicted octanol–water partition coefficient (Wildman–Crippen LogP) is 0.808. The van der Waals surface area contributed by atoms with Crippen LogP contribution in [-0.4, -0.2) is 15.3 Å². The zero-order valence-electron chi connectivity index (χ0n) is 7.37. The van der Waals surface area contributed by atoms with Crippen molar-refractivity contribution < 1.29 is 9.18 Å². The molecule has 0 aliphatic carbocycles. The largest absolute Gasteiger partial charge is 0.383 e. The summed E-state index contributed by atoms with van der Waals surface area (Å²) in [6, 6.07) is 1.08. The highest BCUT2D eigenvalue weighted by Gasteiger charge is 2.16. The fraction of sp³-hybridized carbons (Fsp3) is 0. The molecule has 2 rings (SSSR count). The van der Waals surface area contributed by atoms with Gasteiger partial charge >= 0.3 is 0 Å². The maximum absolute atomic E-state index is 13.0. The molecule has 0 fully saturated rings. The summed E-state index contributed by atoms with van der Waals surface area (Å²) in [4.78, 5) is 14.7. The minimum atomic E-state index is -0.785. The molecule has 0 spiro atoms. The molecule has 0 atom stereocenters. The Morgan fingerprint density at radius 1 is 1.60 bits per heavy atom. The van der Waals surface area contributed by atoms with Crippen molar-refractivity contribution in [3.05, 3.63) is 28.8 Å². The van der Waals surface area contributed by atoms with Crippen LogP contribution in [-0.2, 0) is 0 Å². The van der Waals surface area contributed by atoms with Crippen LogP contribution in [0, 0.1) is 5.82 Å². The maximum atomic E-state index is 13.0. The number of pyridine rings is 1. The number of hydrogen-bond donors (Lipinski definition) is 2. The minimum Gasteiger partial charge on any atom is -0.383 e. The molecule has 0 aromatic carbocycles. The van der Waals surface area contributed by atoms with Gasteiger partial charge in [-0.3, -0.25) is 9.20 Å². The predicted molar refractivity (Wildman–Crippen MR) is 53.1 cm³/mol. The van der Waals surface area contributed by atoms with Gasteiger partial charge < -0.3 is 11.5 Å². The van der Waals surface area contributed by atoms with Gasteiger partial charge in [-0.05, 0) is 6.07 Å². The summed E-state index contributed by atoms with van der Waals surface area (Å²) in [5.41, 5.74) is 10.7. The van der Waals surface area contributed by atoms with E-state index in [4.69, 9.17) is 23.1 Å². The fourth-order valence-electron chi connectivity index (χ4n) is 1.27. The van der Waals surface area contributed by atoms with E-state index in [1.807, 2.05) is 0 Å². The Bertz CT molecular complexity index is 565. The minimum absolute atomic E-state index is 0.0288. The summed E-state index contributed by atoms with van der Waals surface area (Å²) in [7, 11) is 0. The molecular weight excluding hydrogens is 223 g/mol. The van der Waals surface area contributed by atoms with E-state index in [9.17, 15) is 9.18 Å². The van der Waals surface area contributed by atoms with Crippen molar-refractivity contribution in [2.45, 2.75) is 0 Å². The molecule has 0 radical (unpaired) electrons. The third-order valence-corrected chi connectivity index (χ3v) is 2.19. The number of nitrogens with zero attached hydrogens (tertiary/aromatic N) is 2. The van der Waals surface area contributed by atoms with Crippen molar-refractivity contribution in [3.8, 4) is 0 Å². The van der Waals surface area contributed by atoms with E-state index in [2.05, 4.69) is 4.98 Å². The van der Waals surface area contributed by atoms with Gasteiger partial charge in [0, 0.05) is 6.20 Å². The number of halogens is 2. The second-order valence-corrected chi connectivity index (χ2v) is 3.32. The van der Waals surface area contributed by atoms with Crippen LogP contribution < -0.4 is 11.5 Å². The lowest BCUT2D eigenvalue weighted by Crippen LogP contribution is -2.13. The SMILES string of the molecule is NC(=O)c1nc2c(Cl)cc(F)cn2c1N. The van der Waals surface area contributed by atoms with Crippen molar-refractivity contribution in [1.82, 2.24) is 9.38 Å². The monoisotopic (exact) mass is 228 g/mol. The molecule has 1 amide bonds. The van der Waals surface area contributed by atoms with Crippen LogP contribution in [0.3, 0.4) is 0 Å². The summed E-state index contributed by atoms with van der Waals surface area (Å²) in [5.74, 6) is -1.39. The van der Waals surface area contributed by atoms with E-state index >= 15 is 0 Å². The van der Waals surface area contributed by atoms with Crippen LogP contribution in [0.1, 0.15) is 10.5 Å². The van der Waals surface area contributed by atoms with Crippen molar-refractivity contribution in [1.29, 1.82) is 0 Å². The second kappa shape index (κ2) is 3.09. The number of rotatable bonds is 1. The zero-order valence-corrected chi connectivity index (χ0v) is 8.12. The average molecular weight is 229 g/mol. The van der Waals surface area contributed by atoms with Crippen LogP contribution in [0.4, 0.5) is 10.2 Å². The van der Waals surface area contributed by atoms with Gasteiger partial charge in [-0.2, -0.15) is 0 Å². The van der Waals surface area contributed by atoms with Crippen molar-refractivity contribution in [2.75, 3.05) is 5.73 Å². The lowest BCUT2D eigenvalue weighted by atomic mass is 10.4. The highest BCUT2D eigenvalue weighted by molar-refractivity contribution is 6.33. The van der Waals surface area contributed by atoms with Crippen LogP contribution >= 0.6 is 11.6 Å². The first kappa shape index (κ1) is 9.72. The van der Waals surface area contributed by atoms with E-state index in [1.165, 1.54) is 4.40 Å². The molecule has 2 heterocycles. The number of carbonyl (C=O) groups excluding carboxylic acids is 1. The van der Waals surface area contributed by atoms with Crippen LogP contribution in [0.15, 0.2) is 12.3 Å². The molecule has 2 aromatic heterocycles. The lowest BCUT2D eigenvalue weighted by molar-refractivity contribution is 0.0997. The number of aromatic nitrogens is 2. The molecule has 5 nitrogen and oxygen atoms in total.